The van der Waals surface area contributed by atoms with Crippen LogP contribution in [0.2, 0.25) is 5.02 Å². The summed E-state index contributed by atoms with van der Waals surface area (Å²) in [6, 6.07) is 12.7. The molecule has 28 heavy (non-hydrogen) atoms. The quantitative estimate of drug-likeness (QED) is 0.622. The molecule has 2 aromatic rings. The Hall–Kier alpha value is -2.53. The first-order valence-corrected chi connectivity index (χ1v) is 9.67. The molecule has 0 fully saturated rings. The van der Waals surface area contributed by atoms with Gasteiger partial charge in [-0.1, -0.05) is 43.6 Å². The molecule has 6 heteroatoms. The normalized spacial score (nSPS) is 12.8. The molecule has 5 nitrogen and oxygen atoms in total. The molecular formula is C22H26ClNO4. The minimum atomic E-state index is -0.937. The number of benzene rings is 2. The van der Waals surface area contributed by atoms with Crippen LogP contribution in [-0.2, 0) is 14.3 Å². The number of anilines is 1. The van der Waals surface area contributed by atoms with Crippen molar-refractivity contribution in [2.75, 3.05) is 11.9 Å². The molecule has 2 rings (SSSR count). The van der Waals surface area contributed by atoms with Gasteiger partial charge in [-0.15, -0.1) is 0 Å². The molecule has 150 valence electrons. The van der Waals surface area contributed by atoms with Crippen LogP contribution < -0.4 is 10.1 Å². The third-order valence-electron chi connectivity index (χ3n) is 4.53. The maximum atomic E-state index is 12.4. The zero-order valence-electron chi connectivity index (χ0n) is 16.6. The number of halogens is 1. The highest BCUT2D eigenvalue weighted by Gasteiger charge is 2.20. The fourth-order valence-electron chi connectivity index (χ4n) is 2.63. The highest BCUT2D eigenvalue weighted by molar-refractivity contribution is 6.31. The van der Waals surface area contributed by atoms with Gasteiger partial charge in [0.1, 0.15) is 5.75 Å². The van der Waals surface area contributed by atoms with Crippen LogP contribution in [0.1, 0.15) is 44.2 Å². The Morgan fingerprint density at radius 3 is 2.54 bits per heavy atom. The molecule has 0 aliphatic heterocycles. The number of esters is 1. The van der Waals surface area contributed by atoms with Crippen LogP contribution in [0.4, 0.5) is 5.69 Å². The van der Waals surface area contributed by atoms with Crippen molar-refractivity contribution in [2.24, 2.45) is 0 Å². The van der Waals surface area contributed by atoms with E-state index in [4.69, 9.17) is 21.1 Å². The topological polar surface area (TPSA) is 64.6 Å². The number of ether oxygens (including phenoxy) is 2. The summed E-state index contributed by atoms with van der Waals surface area (Å²) in [6.07, 6.45) is 0.0203. The fraction of sp³-hybridized carbons (Fsp3) is 0.364. The van der Waals surface area contributed by atoms with E-state index in [1.54, 1.807) is 18.2 Å². The first-order chi connectivity index (χ1) is 13.3. The lowest BCUT2D eigenvalue weighted by Gasteiger charge is -2.18. The van der Waals surface area contributed by atoms with Gasteiger partial charge in [-0.3, -0.25) is 4.79 Å². The monoisotopic (exact) mass is 403 g/mol. The lowest BCUT2D eigenvalue weighted by Crippen LogP contribution is -2.32. The number of amides is 1. The average Bonchev–Trinajstić information content (AvgIpc) is 2.68. The molecular weight excluding hydrogens is 378 g/mol. The van der Waals surface area contributed by atoms with E-state index in [0.29, 0.717) is 16.7 Å². The van der Waals surface area contributed by atoms with E-state index in [0.717, 1.165) is 23.2 Å². The van der Waals surface area contributed by atoms with Crippen LogP contribution in [0.25, 0.3) is 0 Å². The molecule has 2 atom stereocenters. The Balaban J connectivity index is 1.89. The minimum absolute atomic E-state index is 0.290. The number of rotatable bonds is 8. The van der Waals surface area contributed by atoms with Crippen LogP contribution in [0, 0.1) is 6.92 Å². The number of hydrogen-bond donors (Lipinski definition) is 1. The Morgan fingerprint density at radius 2 is 1.86 bits per heavy atom. The lowest BCUT2D eigenvalue weighted by molar-refractivity contribution is -0.155. The van der Waals surface area contributed by atoms with Crippen molar-refractivity contribution in [3.63, 3.8) is 0 Å². The van der Waals surface area contributed by atoms with E-state index in [9.17, 15) is 9.59 Å². The number of carbonyl (C=O) groups excluding carboxylic acids is 2. The Morgan fingerprint density at radius 1 is 1.14 bits per heavy atom. The predicted molar refractivity (Wildman–Crippen MR) is 111 cm³/mol. The van der Waals surface area contributed by atoms with Crippen molar-refractivity contribution in [3.05, 3.63) is 58.6 Å². The summed E-state index contributed by atoms with van der Waals surface area (Å²) in [6.45, 7) is 7.28. The molecule has 0 saturated heterocycles. The van der Waals surface area contributed by atoms with E-state index in [2.05, 4.69) is 19.2 Å². The Kier molecular flexibility index (Phi) is 7.88. The maximum Gasteiger partial charge on any atom is 0.344 e. The molecule has 0 spiro atoms. The van der Waals surface area contributed by atoms with Gasteiger partial charge in [0.15, 0.2) is 12.7 Å². The van der Waals surface area contributed by atoms with E-state index in [-0.39, 0.29) is 12.5 Å². The minimum Gasteiger partial charge on any atom is -0.482 e. The molecule has 2 aromatic carbocycles. The summed E-state index contributed by atoms with van der Waals surface area (Å²) in [4.78, 5) is 24.4. The lowest BCUT2D eigenvalue weighted by atomic mass is 9.97. The standard InChI is InChI=1S/C22H26ClNO4/c1-5-14(2)18-8-6-7-9-20(18)24-22(26)16(4)28-21(25)13-27-17-10-11-19(23)15(3)12-17/h6-12,14,16H,5,13H2,1-4H3,(H,24,26)/t14-,16+/m0/s1. The van der Waals surface area contributed by atoms with Crippen molar-refractivity contribution >= 4 is 29.2 Å². The number of hydrogen-bond acceptors (Lipinski definition) is 4. The zero-order chi connectivity index (χ0) is 20.7. The fourth-order valence-corrected chi connectivity index (χ4v) is 2.75. The van der Waals surface area contributed by atoms with Gasteiger partial charge < -0.3 is 14.8 Å². The van der Waals surface area contributed by atoms with Gasteiger partial charge in [0, 0.05) is 10.7 Å². The molecule has 0 aliphatic rings. The molecule has 0 aromatic heterocycles. The summed E-state index contributed by atoms with van der Waals surface area (Å²) in [5.74, 6) is -0.180. The number of carbonyl (C=O) groups is 2. The van der Waals surface area contributed by atoms with Gasteiger partial charge in [0.25, 0.3) is 5.91 Å². The molecule has 0 bridgehead atoms. The SMILES string of the molecule is CC[C@H](C)c1ccccc1NC(=O)[C@@H](C)OC(=O)COc1ccc(Cl)c(C)c1. The summed E-state index contributed by atoms with van der Waals surface area (Å²) >= 11 is 5.96. The number of para-hydroxylation sites is 1. The Labute approximate surface area is 171 Å². The van der Waals surface area contributed by atoms with Gasteiger partial charge in [-0.25, -0.2) is 4.79 Å². The largest absolute Gasteiger partial charge is 0.482 e. The van der Waals surface area contributed by atoms with Crippen molar-refractivity contribution in [1.82, 2.24) is 0 Å². The smallest absolute Gasteiger partial charge is 0.344 e. The third kappa shape index (κ3) is 5.99. The highest BCUT2D eigenvalue weighted by Crippen LogP contribution is 2.26. The van der Waals surface area contributed by atoms with Crippen LogP contribution in [0.3, 0.4) is 0 Å². The summed E-state index contributed by atoms with van der Waals surface area (Å²) < 4.78 is 10.6. The third-order valence-corrected chi connectivity index (χ3v) is 4.95. The van der Waals surface area contributed by atoms with Crippen molar-refractivity contribution in [3.8, 4) is 5.75 Å². The van der Waals surface area contributed by atoms with E-state index < -0.39 is 12.1 Å². The van der Waals surface area contributed by atoms with Gasteiger partial charge in [-0.05, 0) is 61.6 Å². The van der Waals surface area contributed by atoms with Crippen molar-refractivity contribution in [1.29, 1.82) is 0 Å². The molecule has 0 saturated carbocycles. The number of aryl methyl sites for hydroxylation is 1. The van der Waals surface area contributed by atoms with E-state index in [1.165, 1.54) is 6.92 Å². The predicted octanol–water partition coefficient (Wildman–Crippen LogP) is 5.11. The molecule has 1 N–H and O–H groups in total. The van der Waals surface area contributed by atoms with Crippen LogP contribution in [-0.4, -0.2) is 24.6 Å². The van der Waals surface area contributed by atoms with Gasteiger partial charge >= 0.3 is 5.97 Å². The van der Waals surface area contributed by atoms with Crippen molar-refractivity contribution in [2.45, 2.75) is 46.1 Å². The van der Waals surface area contributed by atoms with E-state index >= 15 is 0 Å². The Bertz CT molecular complexity index is 837. The first kappa shape index (κ1) is 21.8. The second-order valence-electron chi connectivity index (χ2n) is 6.72. The second kappa shape index (κ2) is 10.1. The average molecular weight is 404 g/mol. The zero-order valence-corrected chi connectivity index (χ0v) is 17.4. The highest BCUT2D eigenvalue weighted by atomic mass is 35.5. The summed E-state index contributed by atoms with van der Waals surface area (Å²) in [5.41, 5.74) is 2.64. The first-order valence-electron chi connectivity index (χ1n) is 9.30. The molecule has 0 aliphatic carbocycles. The van der Waals surface area contributed by atoms with Gasteiger partial charge in [-0.2, -0.15) is 0 Å². The van der Waals surface area contributed by atoms with Crippen molar-refractivity contribution < 1.29 is 19.1 Å². The van der Waals surface area contributed by atoms with E-state index in [1.807, 2.05) is 31.2 Å². The van der Waals surface area contributed by atoms with Gasteiger partial charge in [0.2, 0.25) is 0 Å². The van der Waals surface area contributed by atoms with Gasteiger partial charge in [0.05, 0.1) is 0 Å². The van der Waals surface area contributed by atoms with Crippen LogP contribution in [0.5, 0.6) is 5.75 Å². The summed E-state index contributed by atoms with van der Waals surface area (Å²) in [7, 11) is 0. The molecule has 0 heterocycles. The molecule has 1 amide bonds. The van der Waals surface area contributed by atoms with Crippen LogP contribution >= 0.6 is 11.6 Å². The molecule has 0 radical (unpaired) electrons. The summed E-state index contributed by atoms with van der Waals surface area (Å²) in [5, 5.41) is 3.47. The number of nitrogens with one attached hydrogen (secondary N) is 1. The van der Waals surface area contributed by atoms with Crippen LogP contribution in [0.15, 0.2) is 42.5 Å². The molecule has 0 unspecified atom stereocenters. The maximum absolute atomic E-state index is 12.4. The second-order valence-corrected chi connectivity index (χ2v) is 7.12.